The third-order valence-corrected chi connectivity index (χ3v) is 5.81. The van der Waals surface area contributed by atoms with E-state index < -0.39 is 0 Å². The number of carbonyl (C=O) groups is 1. The Morgan fingerprint density at radius 1 is 1.17 bits per heavy atom. The van der Waals surface area contributed by atoms with E-state index in [1.807, 2.05) is 42.5 Å². The fourth-order valence-electron chi connectivity index (χ4n) is 2.62. The minimum Gasteiger partial charge on any atom is -0.335 e. The van der Waals surface area contributed by atoms with Crippen LogP contribution in [0.2, 0.25) is 5.02 Å². The van der Waals surface area contributed by atoms with Gasteiger partial charge >= 0.3 is 0 Å². The van der Waals surface area contributed by atoms with E-state index in [-0.39, 0.29) is 11.7 Å². The van der Waals surface area contributed by atoms with Gasteiger partial charge in [0.25, 0.3) is 0 Å². The molecule has 0 saturated carbocycles. The number of amides is 1. The van der Waals surface area contributed by atoms with Crippen molar-refractivity contribution in [3.63, 3.8) is 0 Å². The van der Waals surface area contributed by atoms with Crippen molar-refractivity contribution in [3.05, 3.63) is 64.1 Å². The number of aromatic nitrogens is 5. The molecule has 152 valence electrons. The smallest absolute Gasteiger partial charge is 0.234 e. The SMILES string of the molecule is Nn1c(SCC(=O)Nc2ccc(Br)cc2)nnc1-c1cc(-c2ccc(Cl)cc2)n[nH]1. The van der Waals surface area contributed by atoms with Crippen LogP contribution >= 0.6 is 39.3 Å². The van der Waals surface area contributed by atoms with Crippen molar-refractivity contribution in [1.29, 1.82) is 0 Å². The van der Waals surface area contributed by atoms with E-state index in [0.717, 1.165) is 15.7 Å². The molecule has 4 N–H and O–H groups in total. The van der Waals surface area contributed by atoms with Crippen molar-refractivity contribution in [2.75, 3.05) is 16.9 Å². The summed E-state index contributed by atoms with van der Waals surface area (Å²) in [6.45, 7) is 0. The maximum atomic E-state index is 12.2. The molecule has 0 bridgehead atoms. The lowest BCUT2D eigenvalue weighted by atomic mass is 10.1. The quantitative estimate of drug-likeness (QED) is 0.268. The fourth-order valence-corrected chi connectivity index (χ4v) is 3.67. The van der Waals surface area contributed by atoms with Crippen LogP contribution in [-0.4, -0.2) is 36.7 Å². The van der Waals surface area contributed by atoms with Gasteiger partial charge in [0.2, 0.25) is 16.9 Å². The van der Waals surface area contributed by atoms with Crippen molar-refractivity contribution < 1.29 is 4.79 Å². The molecule has 0 radical (unpaired) electrons. The zero-order valence-electron chi connectivity index (χ0n) is 15.3. The van der Waals surface area contributed by atoms with Crippen LogP contribution < -0.4 is 11.2 Å². The summed E-state index contributed by atoms with van der Waals surface area (Å²) < 4.78 is 2.27. The molecule has 0 fully saturated rings. The van der Waals surface area contributed by atoms with Gasteiger partial charge in [0.15, 0.2) is 0 Å². The molecule has 0 unspecified atom stereocenters. The summed E-state index contributed by atoms with van der Waals surface area (Å²) >= 11 is 10.5. The molecule has 2 aromatic heterocycles. The van der Waals surface area contributed by atoms with Crippen LogP contribution in [0.5, 0.6) is 0 Å². The Kier molecular flexibility index (Phi) is 6.07. The molecule has 4 aromatic rings. The number of nitrogen functional groups attached to an aromatic ring is 1. The number of thioether (sulfide) groups is 1. The number of carbonyl (C=O) groups excluding carboxylic acids is 1. The Bertz CT molecular complexity index is 1170. The first-order chi connectivity index (χ1) is 14.5. The van der Waals surface area contributed by atoms with Crippen molar-refractivity contribution in [3.8, 4) is 22.8 Å². The van der Waals surface area contributed by atoms with Gasteiger partial charge in [-0.1, -0.05) is 51.4 Å². The van der Waals surface area contributed by atoms with Gasteiger partial charge in [-0.2, -0.15) is 5.10 Å². The second kappa shape index (κ2) is 8.90. The highest BCUT2D eigenvalue weighted by Gasteiger charge is 2.16. The number of nitrogens with two attached hydrogens (primary N) is 1. The number of nitrogens with zero attached hydrogens (tertiary/aromatic N) is 4. The molecule has 30 heavy (non-hydrogen) atoms. The van der Waals surface area contributed by atoms with Crippen LogP contribution in [0.3, 0.4) is 0 Å². The van der Waals surface area contributed by atoms with Gasteiger partial charge in [0.05, 0.1) is 11.4 Å². The summed E-state index contributed by atoms with van der Waals surface area (Å²) in [5, 5.41) is 19.3. The molecule has 0 saturated heterocycles. The number of benzene rings is 2. The molecule has 4 rings (SSSR count). The van der Waals surface area contributed by atoms with Crippen LogP contribution in [0, 0.1) is 0 Å². The van der Waals surface area contributed by atoms with Gasteiger partial charge in [-0.25, -0.2) is 4.68 Å². The summed E-state index contributed by atoms with van der Waals surface area (Å²) in [4.78, 5) is 12.2. The Labute approximate surface area is 189 Å². The average molecular weight is 505 g/mol. The molecule has 0 spiro atoms. The van der Waals surface area contributed by atoms with Crippen LogP contribution in [0.1, 0.15) is 0 Å². The zero-order chi connectivity index (χ0) is 21.1. The summed E-state index contributed by atoms with van der Waals surface area (Å²) in [7, 11) is 0. The highest BCUT2D eigenvalue weighted by Crippen LogP contribution is 2.25. The molecule has 2 heterocycles. The van der Waals surface area contributed by atoms with Crippen LogP contribution in [0.15, 0.2) is 64.2 Å². The largest absolute Gasteiger partial charge is 0.335 e. The van der Waals surface area contributed by atoms with E-state index in [2.05, 4.69) is 41.6 Å². The number of rotatable bonds is 6. The summed E-state index contributed by atoms with van der Waals surface area (Å²) in [5.41, 5.74) is 2.96. The highest BCUT2D eigenvalue weighted by molar-refractivity contribution is 9.10. The van der Waals surface area contributed by atoms with Crippen molar-refractivity contribution in [1.82, 2.24) is 25.1 Å². The fraction of sp³-hybridized carbons (Fsp3) is 0.0526. The number of halogens is 2. The number of anilines is 1. The lowest BCUT2D eigenvalue weighted by Gasteiger charge is -2.05. The van der Waals surface area contributed by atoms with E-state index in [9.17, 15) is 4.79 Å². The number of hydrogen-bond acceptors (Lipinski definition) is 6. The lowest BCUT2D eigenvalue weighted by molar-refractivity contribution is -0.113. The maximum Gasteiger partial charge on any atom is 0.234 e. The molecular formula is C19H15BrClN7OS. The Morgan fingerprint density at radius 2 is 1.90 bits per heavy atom. The number of hydrogen-bond donors (Lipinski definition) is 3. The summed E-state index contributed by atoms with van der Waals surface area (Å²) in [6.07, 6.45) is 0. The van der Waals surface area contributed by atoms with E-state index >= 15 is 0 Å². The van der Waals surface area contributed by atoms with E-state index in [1.165, 1.54) is 16.4 Å². The van der Waals surface area contributed by atoms with E-state index in [1.54, 1.807) is 12.1 Å². The predicted octanol–water partition coefficient (Wildman–Crippen LogP) is 4.20. The maximum absolute atomic E-state index is 12.2. The van der Waals surface area contributed by atoms with Gasteiger partial charge in [-0.05, 0) is 42.5 Å². The predicted molar refractivity (Wildman–Crippen MR) is 122 cm³/mol. The molecule has 8 nitrogen and oxygen atoms in total. The van der Waals surface area contributed by atoms with Crippen LogP contribution in [0.25, 0.3) is 22.8 Å². The zero-order valence-corrected chi connectivity index (χ0v) is 18.5. The van der Waals surface area contributed by atoms with Gasteiger partial charge in [-0.15, -0.1) is 10.2 Å². The minimum absolute atomic E-state index is 0.143. The second-order valence-electron chi connectivity index (χ2n) is 6.19. The third kappa shape index (κ3) is 4.66. The molecule has 0 aliphatic heterocycles. The van der Waals surface area contributed by atoms with Gasteiger partial charge in [0.1, 0.15) is 5.69 Å². The average Bonchev–Trinajstić information content (AvgIpc) is 3.35. The lowest BCUT2D eigenvalue weighted by Crippen LogP contribution is -2.16. The Morgan fingerprint density at radius 3 is 2.63 bits per heavy atom. The molecule has 0 aliphatic carbocycles. The topological polar surface area (TPSA) is 115 Å². The Balaban J connectivity index is 1.42. The summed E-state index contributed by atoms with van der Waals surface area (Å²) in [6, 6.07) is 16.5. The van der Waals surface area contributed by atoms with Crippen LogP contribution in [-0.2, 0) is 4.79 Å². The Hall–Kier alpha value is -2.82. The van der Waals surface area contributed by atoms with Gasteiger partial charge in [0, 0.05) is 20.7 Å². The highest BCUT2D eigenvalue weighted by atomic mass is 79.9. The molecule has 0 aliphatic rings. The van der Waals surface area contributed by atoms with Gasteiger partial charge in [-0.3, -0.25) is 9.89 Å². The molecular weight excluding hydrogens is 490 g/mol. The molecule has 1 amide bonds. The van der Waals surface area contributed by atoms with Gasteiger partial charge < -0.3 is 11.2 Å². The summed E-state index contributed by atoms with van der Waals surface area (Å²) in [5.74, 6) is 6.52. The monoisotopic (exact) mass is 503 g/mol. The van der Waals surface area contributed by atoms with Crippen molar-refractivity contribution in [2.45, 2.75) is 5.16 Å². The molecule has 2 aromatic carbocycles. The number of H-pyrrole nitrogens is 1. The van der Waals surface area contributed by atoms with Crippen LogP contribution in [0.4, 0.5) is 5.69 Å². The van der Waals surface area contributed by atoms with Crippen molar-refractivity contribution >= 4 is 50.9 Å². The first-order valence-corrected chi connectivity index (χ1v) is 10.9. The van der Waals surface area contributed by atoms with E-state index in [0.29, 0.717) is 27.4 Å². The normalized spacial score (nSPS) is 10.9. The number of nitrogens with one attached hydrogen (secondary N) is 2. The third-order valence-electron chi connectivity index (χ3n) is 4.08. The molecule has 0 atom stereocenters. The molecule has 11 heteroatoms. The van der Waals surface area contributed by atoms with Crippen molar-refractivity contribution in [2.24, 2.45) is 0 Å². The first kappa shape index (κ1) is 20.5. The minimum atomic E-state index is -0.168. The van der Waals surface area contributed by atoms with E-state index in [4.69, 9.17) is 17.4 Å². The first-order valence-electron chi connectivity index (χ1n) is 8.70. The standard InChI is InChI=1S/C19H15BrClN7OS/c20-12-3-7-14(8-4-12)23-17(29)10-30-19-27-26-18(28(19)22)16-9-15(24-25-16)11-1-5-13(21)6-2-11/h1-9H,10,22H2,(H,23,29)(H,24,25). The second-order valence-corrected chi connectivity index (χ2v) is 8.49. The number of aromatic amines is 1.